The molecule has 0 aromatic heterocycles. The molecule has 0 aliphatic carbocycles. The average Bonchev–Trinajstić information content (AvgIpc) is 2.42. The lowest BCUT2D eigenvalue weighted by molar-refractivity contribution is 0.401. The van der Waals surface area contributed by atoms with Crippen LogP contribution in [-0.4, -0.2) is 28.6 Å². The zero-order chi connectivity index (χ0) is 14.3. The third-order valence-corrected chi connectivity index (χ3v) is 4.14. The zero-order valence-corrected chi connectivity index (χ0v) is 12.5. The Morgan fingerprint density at radius 2 is 2.00 bits per heavy atom. The van der Waals surface area contributed by atoms with Gasteiger partial charge < -0.3 is 10.1 Å². The van der Waals surface area contributed by atoms with E-state index in [0.29, 0.717) is 18.8 Å². The molecule has 19 heavy (non-hydrogen) atoms. The van der Waals surface area contributed by atoms with Gasteiger partial charge in [-0.25, -0.2) is 13.1 Å². The van der Waals surface area contributed by atoms with Gasteiger partial charge in [-0.2, -0.15) is 0 Å². The largest absolute Gasteiger partial charge is 0.495 e. The number of benzene rings is 1. The highest BCUT2D eigenvalue weighted by molar-refractivity contribution is 7.89. The van der Waals surface area contributed by atoms with Crippen LogP contribution in [0.15, 0.2) is 23.1 Å². The van der Waals surface area contributed by atoms with Crippen molar-refractivity contribution in [1.29, 1.82) is 0 Å². The van der Waals surface area contributed by atoms with Crippen LogP contribution in [0, 0.1) is 0 Å². The Morgan fingerprint density at radius 3 is 2.58 bits per heavy atom. The van der Waals surface area contributed by atoms with Gasteiger partial charge in [0.2, 0.25) is 10.0 Å². The molecule has 1 rings (SSSR count). The summed E-state index contributed by atoms with van der Waals surface area (Å²) in [6.45, 7) is 5.91. The highest BCUT2D eigenvalue weighted by Gasteiger charge is 2.18. The van der Waals surface area contributed by atoms with Gasteiger partial charge in [-0.05, 0) is 30.7 Å². The third-order valence-electron chi connectivity index (χ3n) is 2.64. The molecule has 0 atom stereocenters. The molecule has 0 saturated carbocycles. The molecule has 108 valence electrons. The van der Waals surface area contributed by atoms with Gasteiger partial charge in [0.15, 0.2) is 0 Å². The van der Waals surface area contributed by atoms with Crippen molar-refractivity contribution in [2.24, 2.45) is 0 Å². The summed E-state index contributed by atoms with van der Waals surface area (Å²) in [7, 11) is -2.02. The molecular weight excluding hydrogens is 264 g/mol. The van der Waals surface area contributed by atoms with Gasteiger partial charge in [0, 0.05) is 13.1 Å². The summed E-state index contributed by atoms with van der Waals surface area (Å²) >= 11 is 0. The molecule has 5 nitrogen and oxygen atoms in total. The number of rotatable bonds is 8. The van der Waals surface area contributed by atoms with E-state index in [0.717, 1.165) is 18.5 Å². The molecule has 1 aromatic rings. The fraction of sp³-hybridized carbons (Fsp3) is 0.538. The van der Waals surface area contributed by atoms with E-state index in [-0.39, 0.29) is 4.90 Å². The van der Waals surface area contributed by atoms with Crippen molar-refractivity contribution in [2.45, 2.75) is 31.7 Å². The summed E-state index contributed by atoms with van der Waals surface area (Å²) < 4.78 is 31.9. The predicted octanol–water partition coefficient (Wildman–Crippen LogP) is 1.49. The Labute approximate surface area is 115 Å². The molecule has 0 fully saturated rings. The van der Waals surface area contributed by atoms with Gasteiger partial charge in [-0.1, -0.05) is 19.9 Å². The van der Waals surface area contributed by atoms with Crippen molar-refractivity contribution in [2.75, 3.05) is 20.2 Å². The van der Waals surface area contributed by atoms with Crippen molar-refractivity contribution < 1.29 is 13.2 Å². The molecule has 0 spiro atoms. The number of methoxy groups -OCH3 is 1. The van der Waals surface area contributed by atoms with Gasteiger partial charge in [0.05, 0.1) is 7.11 Å². The SMILES string of the molecule is CCCNS(=O)(=O)c1ccc(CNCC)cc1OC. The predicted molar refractivity (Wildman–Crippen MR) is 75.9 cm³/mol. The van der Waals surface area contributed by atoms with Crippen LogP contribution in [-0.2, 0) is 16.6 Å². The lowest BCUT2D eigenvalue weighted by atomic mass is 10.2. The van der Waals surface area contributed by atoms with Gasteiger partial charge in [-0.15, -0.1) is 0 Å². The minimum absolute atomic E-state index is 0.184. The maximum atomic E-state index is 12.1. The van der Waals surface area contributed by atoms with E-state index in [1.807, 2.05) is 13.8 Å². The lowest BCUT2D eigenvalue weighted by Gasteiger charge is -2.12. The van der Waals surface area contributed by atoms with Gasteiger partial charge >= 0.3 is 0 Å². The minimum Gasteiger partial charge on any atom is -0.495 e. The molecule has 0 bridgehead atoms. The van der Waals surface area contributed by atoms with Crippen molar-refractivity contribution in [1.82, 2.24) is 10.0 Å². The Kier molecular flexibility index (Phi) is 6.27. The number of nitrogens with one attached hydrogen (secondary N) is 2. The van der Waals surface area contributed by atoms with E-state index in [9.17, 15) is 8.42 Å². The first kappa shape index (κ1) is 15.9. The molecule has 0 aliphatic rings. The van der Waals surface area contributed by atoms with Crippen LogP contribution in [0.3, 0.4) is 0 Å². The smallest absolute Gasteiger partial charge is 0.244 e. The highest BCUT2D eigenvalue weighted by Crippen LogP contribution is 2.24. The molecule has 0 saturated heterocycles. The van der Waals surface area contributed by atoms with Crippen LogP contribution < -0.4 is 14.8 Å². The summed E-state index contributed by atoms with van der Waals surface area (Å²) in [5, 5.41) is 3.19. The molecule has 0 heterocycles. The first-order valence-corrected chi connectivity index (χ1v) is 7.90. The molecule has 0 radical (unpaired) electrons. The molecule has 0 amide bonds. The highest BCUT2D eigenvalue weighted by atomic mass is 32.2. The fourth-order valence-electron chi connectivity index (χ4n) is 1.63. The Hall–Kier alpha value is -1.11. The number of hydrogen-bond acceptors (Lipinski definition) is 4. The number of hydrogen-bond donors (Lipinski definition) is 2. The maximum Gasteiger partial charge on any atom is 0.244 e. The topological polar surface area (TPSA) is 67.4 Å². The first-order chi connectivity index (χ1) is 9.05. The van der Waals surface area contributed by atoms with Crippen molar-refractivity contribution in [3.63, 3.8) is 0 Å². The van der Waals surface area contributed by atoms with Crippen LogP contribution in [0.4, 0.5) is 0 Å². The van der Waals surface area contributed by atoms with E-state index in [4.69, 9.17) is 4.74 Å². The fourth-order valence-corrected chi connectivity index (χ4v) is 2.91. The second-order valence-electron chi connectivity index (χ2n) is 4.16. The summed E-state index contributed by atoms with van der Waals surface area (Å²) in [5.74, 6) is 0.374. The van der Waals surface area contributed by atoms with Crippen molar-refractivity contribution in [3.8, 4) is 5.75 Å². The van der Waals surface area contributed by atoms with E-state index in [1.54, 1.807) is 18.2 Å². The Balaban J connectivity index is 3.01. The molecular formula is C13H22N2O3S. The van der Waals surface area contributed by atoms with Crippen molar-refractivity contribution in [3.05, 3.63) is 23.8 Å². The maximum absolute atomic E-state index is 12.1. The van der Waals surface area contributed by atoms with E-state index >= 15 is 0 Å². The van der Waals surface area contributed by atoms with E-state index in [1.165, 1.54) is 7.11 Å². The van der Waals surface area contributed by atoms with Crippen LogP contribution in [0.5, 0.6) is 5.75 Å². The molecule has 0 aliphatic heterocycles. The van der Waals surface area contributed by atoms with Crippen LogP contribution in [0.1, 0.15) is 25.8 Å². The quantitative estimate of drug-likeness (QED) is 0.760. The van der Waals surface area contributed by atoms with Crippen molar-refractivity contribution >= 4 is 10.0 Å². The molecule has 0 unspecified atom stereocenters. The third kappa shape index (κ3) is 4.49. The summed E-state index contributed by atoms with van der Waals surface area (Å²) in [5.41, 5.74) is 0.994. The summed E-state index contributed by atoms with van der Waals surface area (Å²) in [6.07, 6.45) is 0.750. The zero-order valence-electron chi connectivity index (χ0n) is 11.7. The Bertz CT molecular complexity index is 501. The molecule has 6 heteroatoms. The normalized spacial score (nSPS) is 11.5. The number of ether oxygens (including phenoxy) is 1. The van der Waals surface area contributed by atoms with E-state index in [2.05, 4.69) is 10.0 Å². The van der Waals surface area contributed by atoms with Gasteiger partial charge in [-0.3, -0.25) is 0 Å². The lowest BCUT2D eigenvalue weighted by Crippen LogP contribution is -2.25. The van der Waals surface area contributed by atoms with Crippen LogP contribution >= 0.6 is 0 Å². The van der Waals surface area contributed by atoms with Crippen LogP contribution in [0.25, 0.3) is 0 Å². The van der Waals surface area contributed by atoms with Crippen LogP contribution in [0.2, 0.25) is 0 Å². The summed E-state index contributed by atoms with van der Waals surface area (Å²) in [4.78, 5) is 0.184. The average molecular weight is 286 g/mol. The second-order valence-corrected chi connectivity index (χ2v) is 5.90. The monoisotopic (exact) mass is 286 g/mol. The summed E-state index contributed by atoms with van der Waals surface area (Å²) in [6, 6.07) is 5.14. The number of sulfonamides is 1. The standard InChI is InChI=1S/C13H22N2O3S/c1-4-8-15-19(16,17)13-7-6-11(10-14-5-2)9-12(13)18-3/h6-7,9,14-15H,4-5,8,10H2,1-3H3. The van der Waals surface area contributed by atoms with E-state index < -0.39 is 10.0 Å². The van der Waals surface area contributed by atoms with Gasteiger partial charge in [0.25, 0.3) is 0 Å². The van der Waals surface area contributed by atoms with Gasteiger partial charge in [0.1, 0.15) is 10.6 Å². The Morgan fingerprint density at radius 1 is 1.26 bits per heavy atom. The first-order valence-electron chi connectivity index (χ1n) is 6.42. The minimum atomic E-state index is -3.50. The second kappa shape index (κ2) is 7.47. The molecule has 2 N–H and O–H groups in total. The molecule has 1 aromatic carbocycles.